The van der Waals surface area contributed by atoms with Crippen molar-refractivity contribution in [3.05, 3.63) is 35.3 Å². The number of rotatable bonds is 3. The van der Waals surface area contributed by atoms with Gasteiger partial charge in [-0.25, -0.2) is 0 Å². The molecule has 0 radical (unpaired) electrons. The lowest BCUT2D eigenvalue weighted by atomic mass is 9.89. The molecular weight excluding hydrogens is 339 g/mol. The molecule has 0 unspecified atom stereocenters. The van der Waals surface area contributed by atoms with Gasteiger partial charge in [0, 0.05) is 31.7 Å². The SMILES string of the molecule is Cc1c([C@H]2CN(c3ccc(C(F)(F)F)nn3)C[C@@H]2C(=O)O)cnn1C. The molecule has 0 amide bonds. The fraction of sp³-hybridized carbons (Fsp3) is 0.467. The number of aryl methyl sites for hydroxylation is 1. The summed E-state index contributed by atoms with van der Waals surface area (Å²) in [5, 5.41) is 20.5. The fourth-order valence-electron chi connectivity index (χ4n) is 3.08. The predicted molar refractivity (Wildman–Crippen MR) is 81.1 cm³/mol. The van der Waals surface area contributed by atoms with Crippen LogP contribution >= 0.6 is 0 Å². The number of alkyl halides is 3. The van der Waals surface area contributed by atoms with E-state index >= 15 is 0 Å². The molecule has 2 aromatic heterocycles. The lowest BCUT2D eigenvalue weighted by molar-refractivity contribution is -0.142. The lowest BCUT2D eigenvalue weighted by Gasteiger charge is -2.17. The second-order valence-electron chi connectivity index (χ2n) is 6.04. The van der Waals surface area contributed by atoms with Crippen molar-refractivity contribution in [1.29, 1.82) is 0 Å². The van der Waals surface area contributed by atoms with Crippen molar-refractivity contribution in [1.82, 2.24) is 20.0 Å². The summed E-state index contributed by atoms with van der Waals surface area (Å²) < 4.78 is 39.4. The highest BCUT2D eigenvalue weighted by molar-refractivity contribution is 5.74. The monoisotopic (exact) mass is 355 g/mol. The first-order valence-electron chi connectivity index (χ1n) is 7.55. The van der Waals surface area contributed by atoms with E-state index in [9.17, 15) is 23.1 Å². The lowest BCUT2D eigenvalue weighted by Crippen LogP contribution is -2.24. The molecule has 7 nitrogen and oxygen atoms in total. The van der Waals surface area contributed by atoms with E-state index in [2.05, 4.69) is 15.3 Å². The van der Waals surface area contributed by atoms with Crippen molar-refractivity contribution < 1.29 is 23.1 Å². The molecule has 0 bridgehead atoms. The zero-order valence-corrected chi connectivity index (χ0v) is 13.5. The van der Waals surface area contributed by atoms with Crippen LogP contribution in [0.25, 0.3) is 0 Å². The Morgan fingerprint density at radius 2 is 2.00 bits per heavy atom. The fourth-order valence-corrected chi connectivity index (χ4v) is 3.08. The van der Waals surface area contributed by atoms with E-state index in [4.69, 9.17) is 0 Å². The normalized spacial score (nSPS) is 20.9. The molecule has 0 aliphatic carbocycles. The number of anilines is 1. The molecule has 10 heteroatoms. The molecule has 2 atom stereocenters. The first-order valence-corrected chi connectivity index (χ1v) is 7.55. The zero-order chi connectivity index (χ0) is 18.4. The maximum atomic E-state index is 12.6. The first-order chi connectivity index (χ1) is 11.7. The summed E-state index contributed by atoms with van der Waals surface area (Å²) in [6.45, 7) is 2.32. The molecule has 3 heterocycles. The van der Waals surface area contributed by atoms with Crippen molar-refractivity contribution in [2.45, 2.75) is 19.0 Å². The summed E-state index contributed by atoms with van der Waals surface area (Å²) in [4.78, 5) is 13.3. The molecule has 134 valence electrons. The summed E-state index contributed by atoms with van der Waals surface area (Å²) >= 11 is 0. The van der Waals surface area contributed by atoms with Gasteiger partial charge in [0.2, 0.25) is 0 Å². The molecule has 0 aromatic carbocycles. The Hall–Kier alpha value is -2.65. The van der Waals surface area contributed by atoms with E-state index in [0.717, 1.165) is 17.3 Å². The summed E-state index contributed by atoms with van der Waals surface area (Å²) in [6.07, 6.45) is -2.92. The minimum Gasteiger partial charge on any atom is -0.481 e. The van der Waals surface area contributed by atoms with Crippen LogP contribution in [0.4, 0.5) is 19.0 Å². The molecule has 25 heavy (non-hydrogen) atoms. The van der Waals surface area contributed by atoms with Gasteiger partial charge < -0.3 is 10.0 Å². The smallest absolute Gasteiger partial charge is 0.435 e. The average molecular weight is 355 g/mol. The van der Waals surface area contributed by atoms with E-state index in [0.29, 0.717) is 6.54 Å². The summed E-state index contributed by atoms with van der Waals surface area (Å²) in [7, 11) is 1.77. The van der Waals surface area contributed by atoms with E-state index in [1.807, 2.05) is 6.92 Å². The summed E-state index contributed by atoms with van der Waals surface area (Å²) in [5.41, 5.74) is 0.596. The van der Waals surface area contributed by atoms with Crippen LogP contribution in [-0.4, -0.2) is 44.1 Å². The number of aromatic nitrogens is 4. The molecule has 0 saturated carbocycles. The van der Waals surface area contributed by atoms with Gasteiger partial charge in [-0.05, 0) is 24.6 Å². The van der Waals surface area contributed by atoms with Crippen LogP contribution in [0.3, 0.4) is 0 Å². The number of nitrogens with zero attached hydrogens (tertiary/aromatic N) is 5. The van der Waals surface area contributed by atoms with Crippen LogP contribution in [0, 0.1) is 12.8 Å². The Labute approximate surface area is 141 Å². The third-order valence-corrected chi connectivity index (χ3v) is 4.57. The number of hydrogen-bond donors (Lipinski definition) is 1. The minimum atomic E-state index is -4.56. The molecule has 1 N–H and O–H groups in total. The van der Waals surface area contributed by atoms with Gasteiger partial charge in [0.05, 0.1) is 12.1 Å². The molecule has 2 aromatic rings. The highest BCUT2D eigenvalue weighted by Crippen LogP contribution is 2.36. The van der Waals surface area contributed by atoms with Gasteiger partial charge in [-0.1, -0.05) is 0 Å². The third-order valence-electron chi connectivity index (χ3n) is 4.57. The first kappa shape index (κ1) is 17.2. The molecule has 1 aliphatic heterocycles. The largest absolute Gasteiger partial charge is 0.481 e. The second kappa shape index (κ2) is 6.01. The van der Waals surface area contributed by atoms with Crippen LogP contribution in [0.1, 0.15) is 22.9 Å². The minimum absolute atomic E-state index is 0.147. The van der Waals surface area contributed by atoms with Crippen molar-refractivity contribution in [3.63, 3.8) is 0 Å². The number of carboxylic acid groups (broad SMARTS) is 1. The molecular formula is C15H16F3N5O2. The van der Waals surface area contributed by atoms with Crippen molar-refractivity contribution >= 4 is 11.8 Å². The van der Waals surface area contributed by atoms with Gasteiger partial charge in [0.15, 0.2) is 11.5 Å². The average Bonchev–Trinajstić information content (AvgIpc) is 3.12. The van der Waals surface area contributed by atoms with Crippen LogP contribution in [0.15, 0.2) is 18.3 Å². The number of hydrogen-bond acceptors (Lipinski definition) is 5. The third kappa shape index (κ3) is 3.15. The molecule has 1 aliphatic rings. The highest BCUT2D eigenvalue weighted by atomic mass is 19.4. The Morgan fingerprint density at radius 1 is 1.28 bits per heavy atom. The van der Waals surface area contributed by atoms with Crippen LogP contribution in [0.5, 0.6) is 0 Å². The maximum absolute atomic E-state index is 12.6. The highest BCUT2D eigenvalue weighted by Gasteiger charge is 2.41. The van der Waals surface area contributed by atoms with Crippen molar-refractivity contribution in [3.8, 4) is 0 Å². The second-order valence-corrected chi connectivity index (χ2v) is 6.04. The Bertz CT molecular complexity index is 787. The van der Waals surface area contributed by atoms with Gasteiger partial charge in [0.1, 0.15) is 0 Å². The zero-order valence-electron chi connectivity index (χ0n) is 13.5. The molecule has 0 spiro atoms. The van der Waals surface area contributed by atoms with E-state index < -0.39 is 23.8 Å². The Balaban J connectivity index is 1.87. The van der Waals surface area contributed by atoms with Gasteiger partial charge in [-0.15, -0.1) is 10.2 Å². The van der Waals surface area contributed by atoms with Gasteiger partial charge >= 0.3 is 12.1 Å². The van der Waals surface area contributed by atoms with Crippen LogP contribution in [-0.2, 0) is 18.0 Å². The van der Waals surface area contributed by atoms with Gasteiger partial charge in [-0.3, -0.25) is 9.48 Å². The number of carbonyl (C=O) groups is 1. The van der Waals surface area contributed by atoms with Crippen LogP contribution < -0.4 is 4.90 Å². The van der Waals surface area contributed by atoms with Crippen molar-refractivity contribution in [2.24, 2.45) is 13.0 Å². The number of carboxylic acids is 1. The Kier molecular flexibility index (Phi) is 4.13. The molecule has 1 fully saturated rings. The summed E-state index contributed by atoms with van der Waals surface area (Å²) in [6, 6.07) is 2.06. The van der Waals surface area contributed by atoms with Crippen LogP contribution in [0.2, 0.25) is 0 Å². The number of aliphatic carboxylic acids is 1. The maximum Gasteiger partial charge on any atom is 0.435 e. The number of halogens is 3. The molecule has 1 saturated heterocycles. The standard InChI is InChI=1S/C15H16F3N5O2/c1-8-9(5-19-22(8)2)10-6-23(7-11(10)14(24)25)13-4-3-12(20-21-13)15(16,17)18/h3-5,10-11H,6-7H2,1-2H3,(H,24,25)/t10-,11+/m1/s1. The quantitative estimate of drug-likeness (QED) is 0.905. The molecule has 3 rings (SSSR count). The summed E-state index contributed by atoms with van der Waals surface area (Å²) in [5.74, 6) is -1.76. The van der Waals surface area contributed by atoms with Gasteiger partial charge in [-0.2, -0.15) is 18.3 Å². The van der Waals surface area contributed by atoms with Gasteiger partial charge in [0.25, 0.3) is 0 Å². The van der Waals surface area contributed by atoms with E-state index in [1.165, 1.54) is 6.07 Å². The van der Waals surface area contributed by atoms with E-state index in [1.54, 1.807) is 22.8 Å². The van der Waals surface area contributed by atoms with Crippen molar-refractivity contribution in [2.75, 3.05) is 18.0 Å². The van der Waals surface area contributed by atoms with E-state index in [-0.39, 0.29) is 18.3 Å². The Morgan fingerprint density at radius 3 is 2.48 bits per heavy atom. The predicted octanol–water partition coefficient (Wildman–Crippen LogP) is 1.84. The topological polar surface area (TPSA) is 84.1 Å².